The second kappa shape index (κ2) is 11.6. The molecule has 1 N–H and O–H groups in total. The Hall–Kier alpha value is -5.37. The smallest absolute Gasteiger partial charge is 0.335 e. The average molecular weight is 640 g/mol. The SMILES string of the molecule is [C-]#[N+]c1ccccc1-c1c(-c2cccc(-c3ccc(C(=O)O)cc3Cl)c2)n(S(=O)(=O)c2ccc(C(F)F)cc2)c2cnccc12. The number of fused-ring (bicyclic) bond motifs is 1. The van der Waals surface area contributed by atoms with Gasteiger partial charge < -0.3 is 5.11 Å². The van der Waals surface area contributed by atoms with Crippen molar-refractivity contribution in [3.8, 4) is 33.5 Å². The summed E-state index contributed by atoms with van der Waals surface area (Å²) in [5.74, 6) is -1.13. The second-order valence-corrected chi connectivity index (χ2v) is 12.2. The van der Waals surface area contributed by atoms with Crippen LogP contribution in [0.2, 0.25) is 5.02 Å². The molecule has 0 saturated heterocycles. The third kappa shape index (κ3) is 5.22. The average Bonchev–Trinajstić information content (AvgIpc) is 3.40. The summed E-state index contributed by atoms with van der Waals surface area (Å²) < 4.78 is 56.6. The van der Waals surface area contributed by atoms with Gasteiger partial charge in [-0.15, -0.1) is 0 Å². The Bertz CT molecular complexity index is 2280. The minimum absolute atomic E-state index is 0.00882. The lowest BCUT2D eigenvalue weighted by Crippen LogP contribution is -2.14. The zero-order valence-corrected chi connectivity index (χ0v) is 24.6. The van der Waals surface area contributed by atoms with Crippen LogP contribution in [0.4, 0.5) is 14.5 Å². The summed E-state index contributed by atoms with van der Waals surface area (Å²) in [5, 5.41) is 10.1. The van der Waals surface area contributed by atoms with Gasteiger partial charge in [0, 0.05) is 38.9 Å². The topological polar surface area (TPSA) is 93.6 Å². The number of para-hydroxylation sites is 1. The molecule has 0 saturated carbocycles. The number of carbonyl (C=O) groups is 1. The first-order chi connectivity index (χ1) is 21.6. The molecule has 2 heterocycles. The first kappa shape index (κ1) is 29.7. The summed E-state index contributed by atoms with van der Waals surface area (Å²) in [6, 6.07) is 24.1. The molecule has 6 rings (SSSR count). The number of pyridine rings is 1. The quantitative estimate of drug-likeness (QED) is 0.176. The third-order valence-corrected chi connectivity index (χ3v) is 9.40. The summed E-state index contributed by atoms with van der Waals surface area (Å²) in [6.07, 6.45) is 0.147. The predicted molar refractivity (Wildman–Crippen MR) is 168 cm³/mol. The molecule has 0 bridgehead atoms. The monoisotopic (exact) mass is 639 g/mol. The summed E-state index contributed by atoms with van der Waals surface area (Å²) in [6.45, 7) is 7.82. The van der Waals surface area contributed by atoms with E-state index in [1.165, 1.54) is 24.5 Å². The van der Waals surface area contributed by atoms with Gasteiger partial charge in [0.2, 0.25) is 0 Å². The molecule has 0 fully saturated rings. The van der Waals surface area contributed by atoms with Gasteiger partial charge in [0.05, 0.1) is 34.4 Å². The zero-order valence-electron chi connectivity index (χ0n) is 23.0. The standard InChI is InChI=1S/C34H20ClF2N3O4S/c1-38-29-8-3-2-7-26(29)31-27-15-16-39-19-30(27)40(45(43,44)24-12-9-20(10-13-24)33(36)37)32(31)22-6-4-5-21(17-22)25-14-11-23(34(41)42)18-28(25)35/h2-19,33H,(H,41,42). The van der Waals surface area contributed by atoms with Crippen molar-refractivity contribution < 1.29 is 27.1 Å². The number of benzene rings is 4. The largest absolute Gasteiger partial charge is 0.478 e. The molecule has 0 amide bonds. The van der Waals surface area contributed by atoms with Gasteiger partial charge >= 0.3 is 5.97 Å². The van der Waals surface area contributed by atoms with Gasteiger partial charge in [0.25, 0.3) is 16.4 Å². The molecule has 11 heteroatoms. The number of aromatic carboxylic acids is 1. The Kier molecular flexibility index (Phi) is 7.66. The molecular weight excluding hydrogens is 620 g/mol. The lowest BCUT2D eigenvalue weighted by atomic mass is 9.95. The molecule has 0 unspecified atom stereocenters. The number of alkyl halides is 2. The Morgan fingerprint density at radius 3 is 2.33 bits per heavy atom. The molecule has 0 aliphatic rings. The number of carboxylic acids is 1. The number of halogens is 3. The highest BCUT2D eigenvalue weighted by atomic mass is 35.5. The molecule has 6 aromatic rings. The van der Waals surface area contributed by atoms with Crippen LogP contribution in [0.25, 0.3) is 49.3 Å². The van der Waals surface area contributed by atoms with Crippen molar-refractivity contribution in [2.24, 2.45) is 0 Å². The first-order valence-corrected chi connectivity index (χ1v) is 15.2. The van der Waals surface area contributed by atoms with E-state index in [0.29, 0.717) is 33.2 Å². The van der Waals surface area contributed by atoms with Crippen molar-refractivity contribution in [1.82, 2.24) is 8.96 Å². The summed E-state index contributed by atoms with van der Waals surface area (Å²) in [5.41, 5.74) is 2.87. The number of aromatic nitrogens is 2. The fourth-order valence-electron chi connectivity index (χ4n) is 5.28. The van der Waals surface area contributed by atoms with Crippen molar-refractivity contribution in [2.45, 2.75) is 11.3 Å². The molecule has 2 aromatic heterocycles. The fraction of sp³-hybridized carbons (Fsp3) is 0.0294. The highest BCUT2D eigenvalue weighted by Gasteiger charge is 2.30. The van der Waals surface area contributed by atoms with Crippen molar-refractivity contribution in [3.63, 3.8) is 0 Å². The van der Waals surface area contributed by atoms with E-state index in [1.54, 1.807) is 60.7 Å². The van der Waals surface area contributed by atoms with E-state index in [0.717, 1.165) is 28.2 Å². The van der Waals surface area contributed by atoms with Crippen LogP contribution in [-0.4, -0.2) is 28.5 Å². The number of hydrogen-bond acceptors (Lipinski definition) is 4. The molecule has 45 heavy (non-hydrogen) atoms. The van der Waals surface area contributed by atoms with E-state index in [9.17, 15) is 27.1 Å². The minimum atomic E-state index is -4.43. The second-order valence-electron chi connectivity index (χ2n) is 9.97. The Morgan fingerprint density at radius 2 is 1.64 bits per heavy atom. The molecule has 4 aromatic carbocycles. The first-order valence-electron chi connectivity index (χ1n) is 13.3. The molecule has 0 radical (unpaired) electrons. The molecule has 222 valence electrons. The molecule has 0 aliphatic heterocycles. The highest BCUT2D eigenvalue weighted by molar-refractivity contribution is 7.90. The van der Waals surface area contributed by atoms with Crippen molar-refractivity contribution in [2.75, 3.05) is 0 Å². The lowest BCUT2D eigenvalue weighted by Gasteiger charge is -2.16. The number of hydrogen-bond donors (Lipinski definition) is 1. The van der Waals surface area contributed by atoms with E-state index in [1.807, 2.05) is 0 Å². The van der Waals surface area contributed by atoms with E-state index in [-0.39, 0.29) is 37.9 Å². The van der Waals surface area contributed by atoms with Crippen LogP contribution < -0.4 is 0 Å². The highest BCUT2D eigenvalue weighted by Crippen LogP contribution is 2.46. The molecular formula is C34H20ClF2N3O4S. The van der Waals surface area contributed by atoms with E-state index in [4.69, 9.17) is 18.2 Å². The predicted octanol–water partition coefficient (Wildman–Crippen LogP) is 9.11. The van der Waals surface area contributed by atoms with Gasteiger partial charge in [0.1, 0.15) is 0 Å². The maximum absolute atomic E-state index is 14.4. The van der Waals surface area contributed by atoms with E-state index < -0.39 is 22.4 Å². The normalized spacial score (nSPS) is 11.5. The van der Waals surface area contributed by atoms with Crippen LogP contribution in [0, 0.1) is 6.57 Å². The molecule has 7 nitrogen and oxygen atoms in total. The van der Waals surface area contributed by atoms with Crippen LogP contribution in [0.3, 0.4) is 0 Å². The van der Waals surface area contributed by atoms with Gasteiger partial charge in [-0.05, 0) is 47.5 Å². The van der Waals surface area contributed by atoms with Gasteiger partial charge in [-0.25, -0.2) is 30.8 Å². The summed E-state index contributed by atoms with van der Waals surface area (Å²) >= 11 is 6.50. The van der Waals surface area contributed by atoms with E-state index in [2.05, 4.69) is 9.83 Å². The molecule has 0 aliphatic carbocycles. The maximum Gasteiger partial charge on any atom is 0.335 e. The Balaban J connectivity index is 1.69. The lowest BCUT2D eigenvalue weighted by molar-refractivity contribution is 0.0697. The molecule has 0 atom stereocenters. The van der Waals surface area contributed by atoms with Crippen LogP contribution in [-0.2, 0) is 10.0 Å². The number of nitrogens with zero attached hydrogens (tertiary/aromatic N) is 3. The van der Waals surface area contributed by atoms with Crippen LogP contribution in [0.15, 0.2) is 114 Å². The Labute approximate surface area is 261 Å². The molecule has 0 spiro atoms. The number of carboxylic acid groups (broad SMARTS) is 1. The van der Waals surface area contributed by atoms with Gasteiger partial charge in [-0.3, -0.25) is 4.98 Å². The van der Waals surface area contributed by atoms with Crippen molar-refractivity contribution >= 4 is 44.2 Å². The third-order valence-electron chi connectivity index (χ3n) is 7.36. The Morgan fingerprint density at radius 1 is 0.911 bits per heavy atom. The summed E-state index contributed by atoms with van der Waals surface area (Å²) in [7, 11) is -4.43. The van der Waals surface area contributed by atoms with Crippen molar-refractivity contribution in [1.29, 1.82) is 0 Å². The van der Waals surface area contributed by atoms with E-state index >= 15 is 0 Å². The van der Waals surface area contributed by atoms with Gasteiger partial charge in [-0.2, -0.15) is 0 Å². The van der Waals surface area contributed by atoms with Crippen LogP contribution in [0.1, 0.15) is 22.3 Å². The van der Waals surface area contributed by atoms with Crippen LogP contribution in [0.5, 0.6) is 0 Å². The van der Waals surface area contributed by atoms with Crippen LogP contribution >= 0.6 is 11.6 Å². The maximum atomic E-state index is 14.4. The fourth-order valence-corrected chi connectivity index (χ4v) is 7.10. The van der Waals surface area contributed by atoms with Crippen molar-refractivity contribution in [3.05, 3.63) is 137 Å². The van der Waals surface area contributed by atoms with Gasteiger partial charge in [-0.1, -0.05) is 72.3 Å². The number of rotatable bonds is 7. The minimum Gasteiger partial charge on any atom is -0.478 e. The van der Waals surface area contributed by atoms with Gasteiger partial charge in [0.15, 0.2) is 5.69 Å². The zero-order chi connectivity index (χ0) is 31.9. The summed E-state index contributed by atoms with van der Waals surface area (Å²) in [4.78, 5) is 19.1.